The van der Waals surface area contributed by atoms with E-state index in [0.29, 0.717) is 48.6 Å². The first kappa shape index (κ1) is 34.6. The molecule has 3 heterocycles. The van der Waals surface area contributed by atoms with Gasteiger partial charge in [0.05, 0.1) is 40.6 Å². The number of sulfonamides is 1. The number of nitrogens with one attached hydrogen (secondary N) is 1. The van der Waals surface area contributed by atoms with Crippen molar-refractivity contribution in [2.75, 3.05) is 13.7 Å². The maximum absolute atomic E-state index is 14.5. The lowest BCUT2D eigenvalue weighted by Gasteiger charge is -2.29. The number of Topliss-reactive ketones (excluding diaryl/α,β-unsaturated/α-hetero) is 1. The summed E-state index contributed by atoms with van der Waals surface area (Å²) in [4.78, 5) is 48.8. The molecule has 0 bridgehead atoms. The first-order valence-corrected chi connectivity index (χ1v) is 19.8. The number of ether oxygens (including phenoxy) is 2. The zero-order chi connectivity index (χ0) is 35.0. The summed E-state index contributed by atoms with van der Waals surface area (Å²) >= 11 is 1.35. The molecule has 5 atom stereocenters. The molecule has 2 amide bonds. The van der Waals surface area contributed by atoms with Crippen LogP contribution in [0.2, 0.25) is 0 Å². The van der Waals surface area contributed by atoms with Crippen LogP contribution in [0.1, 0.15) is 69.8 Å². The van der Waals surface area contributed by atoms with Crippen LogP contribution in [-0.2, 0) is 30.8 Å². The van der Waals surface area contributed by atoms with Gasteiger partial charge in [-0.15, -0.1) is 0 Å². The normalized spacial score (nSPS) is 28.2. The number of amides is 2. The summed E-state index contributed by atoms with van der Waals surface area (Å²) in [6, 6.07) is 10.9. The molecule has 1 N–H and O–H groups in total. The van der Waals surface area contributed by atoms with Gasteiger partial charge in [-0.05, 0) is 86.8 Å². The fraction of sp³-hybridized carbons (Fsp3) is 0.514. The average Bonchev–Trinajstić information content (AvgIpc) is 3.98. The highest BCUT2D eigenvalue weighted by Gasteiger charge is 2.61. The standard InChI is InChI=1S/C37H42FN3O7S2/c1-47-27-12-15-30-33(19-27)49-36(39-30)48-28-18-31-32(42)21-37(35(44)40-50(45,46)29-13-14-29)20-25(37)10-6-4-2-3-5-9-24(34(43)41(31)22-28)16-23-8-7-11-26(38)17-23/h6-8,10-12,15,17,19,24-25,28-29,31H,2-5,9,13-14,16,18,20-22H2,1H3,(H,40,44)/b10-6-/t24-,25+,28-,31+,37-/m1/s1. The molecule has 2 aliphatic carbocycles. The van der Waals surface area contributed by atoms with Crippen molar-refractivity contribution in [2.45, 2.75) is 88.0 Å². The van der Waals surface area contributed by atoms with E-state index in [4.69, 9.17) is 9.47 Å². The lowest BCUT2D eigenvalue weighted by atomic mass is 9.90. The van der Waals surface area contributed by atoms with Gasteiger partial charge in [0.1, 0.15) is 17.7 Å². The van der Waals surface area contributed by atoms with Crippen LogP contribution in [0.5, 0.6) is 10.9 Å². The van der Waals surface area contributed by atoms with Gasteiger partial charge in [0.25, 0.3) is 5.19 Å². The van der Waals surface area contributed by atoms with Gasteiger partial charge in [-0.3, -0.25) is 19.1 Å². The molecule has 4 aliphatic rings. The topological polar surface area (TPSA) is 132 Å². The zero-order valence-electron chi connectivity index (χ0n) is 28.0. The number of nitrogens with zero attached hydrogens (tertiary/aromatic N) is 2. The van der Waals surface area contributed by atoms with E-state index in [2.05, 4.69) is 9.71 Å². The number of allylic oxidation sites excluding steroid dienone is 2. The number of carbonyl (C=O) groups excluding carboxylic acids is 3. The zero-order valence-corrected chi connectivity index (χ0v) is 29.6. The molecule has 266 valence electrons. The second-order valence-electron chi connectivity index (χ2n) is 14.2. The Bertz CT molecular complexity index is 1930. The fourth-order valence-corrected chi connectivity index (χ4v) is 9.77. The average molecular weight is 724 g/mol. The number of carbonyl (C=O) groups is 3. The van der Waals surface area contributed by atoms with E-state index in [-0.39, 0.29) is 42.8 Å². The molecule has 1 aromatic heterocycles. The monoisotopic (exact) mass is 723 g/mol. The van der Waals surface area contributed by atoms with E-state index in [0.717, 1.165) is 35.9 Å². The first-order chi connectivity index (χ1) is 24.0. The molecular weight excluding hydrogens is 682 g/mol. The Morgan fingerprint density at radius 2 is 1.96 bits per heavy atom. The van der Waals surface area contributed by atoms with Crippen LogP contribution in [0.15, 0.2) is 54.6 Å². The fourth-order valence-electron chi connectivity index (χ4n) is 7.47. The van der Waals surface area contributed by atoms with E-state index in [1.54, 1.807) is 18.1 Å². The number of halogens is 1. The SMILES string of the molecule is COc1ccc2nc(O[C@@H]3C[C@H]4C(=O)C[C@]5(C(=O)NS(=O)(=O)C6CC6)C[C@@H]5/C=C\CCCCC[C@H](Cc5cccc(F)c5)C(=O)N4C3)sc2c1. The summed E-state index contributed by atoms with van der Waals surface area (Å²) in [7, 11) is -2.22. The summed E-state index contributed by atoms with van der Waals surface area (Å²) in [5.41, 5.74) is 0.247. The van der Waals surface area contributed by atoms with Crippen LogP contribution in [0.3, 0.4) is 0 Å². The number of aromatic nitrogens is 1. The number of hydrogen-bond acceptors (Lipinski definition) is 9. The minimum Gasteiger partial charge on any atom is -0.497 e. The number of fused-ring (bicyclic) bond motifs is 3. The summed E-state index contributed by atoms with van der Waals surface area (Å²) in [6.45, 7) is 0.146. The molecule has 1 saturated heterocycles. The second kappa shape index (κ2) is 14.1. The summed E-state index contributed by atoms with van der Waals surface area (Å²) in [5.74, 6) is -1.59. The Hall–Kier alpha value is -3.84. The highest BCUT2D eigenvalue weighted by molar-refractivity contribution is 7.90. The molecular formula is C37H42FN3O7S2. The number of hydrogen-bond donors (Lipinski definition) is 1. The van der Waals surface area contributed by atoms with Crippen LogP contribution in [0, 0.1) is 23.1 Å². The van der Waals surface area contributed by atoms with E-state index in [9.17, 15) is 27.2 Å². The summed E-state index contributed by atoms with van der Waals surface area (Å²) in [6.07, 6.45) is 9.06. The smallest absolute Gasteiger partial charge is 0.274 e. The highest BCUT2D eigenvalue weighted by atomic mass is 32.2. The Labute approximate surface area is 295 Å². The van der Waals surface area contributed by atoms with Crippen LogP contribution < -0.4 is 14.2 Å². The molecule has 3 aromatic rings. The molecule has 7 rings (SSSR count). The molecule has 0 unspecified atom stereocenters. The number of thiazole rings is 1. The summed E-state index contributed by atoms with van der Waals surface area (Å²) < 4.78 is 54.7. The van der Waals surface area contributed by atoms with E-state index >= 15 is 0 Å². The van der Waals surface area contributed by atoms with Gasteiger partial charge in [-0.1, -0.05) is 48.5 Å². The van der Waals surface area contributed by atoms with Crippen molar-refractivity contribution in [3.63, 3.8) is 0 Å². The number of benzene rings is 2. The Morgan fingerprint density at radius 3 is 2.74 bits per heavy atom. The van der Waals surface area contributed by atoms with Gasteiger partial charge in [-0.25, -0.2) is 17.8 Å². The molecule has 0 spiro atoms. The van der Waals surface area contributed by atoms with Crippen molar-refractivity contribution < 1.29 is 36.7 Å². The number of rotatable bonds is 8. The van der Waals surface area contributed by atoms with Crippen LogP contribution >= 0.6 is 11.3 Å². The van der Waals surface area contributed by atoms with Gasteiger partial charge < -0.3 is 14.4 Å². The minimum absolute atomic E-state index is 0.146. The van der Waals surface area contributed by atoms with Crippen molar-refractivity contribution in [1.29, 1.82) is 0 Å². The predicted molar refractivity (Wildman–Crippen MR) is 187 cm³/mol. The highest BCUT2D eigenvalue weighted by Crippen LogP contribution is 2.57. The van der Waals surface area contributed by atoms with Gasteiger partial charge >= 0.3 is 0 Å². The third kappa shape index (κ3) is 7.44. The molecule has 2 aromatic carbocycles. The summed E-state index contributed by atoms with van der Waals surface area (Å²) in [5, 5.41) is -0.168. The van der Waals surface area contributed by atoms with Crippen molar-refractivity contribution in [3.05, 3.63) is 66.0 Å². The Kier molecular flexibility index (Phi) is 9.73. The maximum atomic E-state index is 14.5. The third-order valence-electron chi connectivity index (χ3n) is 10.5. The van der Waals surface area contributed by atoms with E-state index < -0.39 is 44.7 Å². The van der Waals surface area contributed by atoms with Crippen LogP contribution in [0.25, 0.3) is 10.2 Å². The number of methoxy groups -OCH3 is 1. The number of ketones is 1. The van der Waals surface area contributed by atoms with Crippen molar-refractivity contribution in [2.24, 2.45) is 17.3 Å². The van der Waals surface area contributed by atoms with Gasteiger partial charge in [0.15, 0.2) is 5.78 Å². The Morgan fingerprint density at radius 1 is 1.12 bits per heavy atom. The van der Waals surface area contributed by atoms with Gasteiger partial charge in [0.2, 0.25) is 21.8 Å². The lowest BCUT2D eigenvalue weighted by Crippen LogP contribution is -2.46. The maximum Gasteiger partial charge on any atom is 0.274 e. The predicted octanol–water partition coefficient (Wildman–Crippen LogP) is 5.75. The Balaban J connectivity index is 1.18. The van der Waals surface area contributed by atoms with Crippen LogP contribution in [-0.4, -0.2) is 66.9 Å². The molecule has 10 nitrogen and oxygen atoms in total. The van der Waals surface area contributed by atoms with Gasteiger partial charge in [-0.2, -0.15) is 0 Å². The van der Waals surface area contributed by atoms with E-state index in [1.807, 2.05) is 36.4 Å². The van der Waals surface area contributed by atoms with E-state index in [1.165, 1.54) is 23.5 Å². The third-order valence-corrected chi connectivity index (χ3v) is 13.3. The minimum atomic E-state index is -3.82. The molecule has 0 radical (unpaired) electrons. The van der Waals surface area contributed by atoms with Crippen LogP contribution in [0.4, 0.5) is 4.39 Å². The largest absolute Gasteiger partial charge is 0.497 e. The van der Waals surface area contributed by atoms with Crippen molar-refractivity contribution in [3.8, 4) is 10.9 Å². The van der Waals surface area contributed by atoms with Gasteiger partial charge in [0, 0.05) is 18.8 Å². The first-order valence-electron chi connectivity index (χ1n) is 17.5. The lowest BCUT2D eigenvalue weighted by molar-refractivity contribution is -0.142. The molecule has 13 heteroatoms. The molecule has 50 heavy (non-hydrogen) atoms. The van der Waals surface area contributed by atoms with Crippen molar-refractivity contribution >= 4 is 49.2 Å². The molecule has 2 saturated carbocycles. The molecule has 3 fully saturated rings. The quantitative estimate of drug-likeness (QED) is 0.291. The van der Waals surface area contributed by atoms with Crippen molar-refractivity contribution in [1.82, 2.24) is 14.6 Å². The molecule has 2 aliphatic heterocycles. The second-order valence-corrected chi connectivity index (χ2v) is 17.1.